The summed E-state index contributed by atoms with van der Waals surface area (Å²) < 4.78 is 0.975. The zero-order valence-electron chi connectivity index (χ0n) is 8.95. The Hall–Kier alpha value is -2.22. The van der Waals surface area contributed by atoms with Crippen LogP contribution in [0.4, 0.5) is 0 Å². The summed E-state index contributed by atoms with van der Waals surface area (Å²) >= 11 is 0. The van der Waals surface area contributed by atoms with E-state index < -0.39 is 24.5 Å². The monoisotopic (exact) mass is 241 g/mol. The number of rotatable bonds is 4. The molecule has 0 saturated heterocycles. The van der Waals surface area contributed by atoms with Crippen LogP contribution in [0.15, 0.2) is 16.9 Å². The number of carbonyl (C=O) groups excluding carboxylic acids is 1. The van der Waals surface area contributed by atoms with E-state index in [0.29, 0.717) is 0 Å². The summed E-state index contributed by atoms with van der Waals surface area (Å²) in [6.45, 7) is -0.432. The minimum atomic E-state index is -1.67. The number of aromatic nitrogens is 2. The summed E-state index contributed by atoms with van der Waals surface area (Å²) in [5, 5.41) is 23.2. The lowest BCUT2D eigenvalue weighted by molar-refractivity contribution is -0.146. The van der Waals surface area contributed by atoms with Crippen LogP contribution in [-0.4, -0.2) is 44.5 Å². The van der Waals surface area contributed by atoms with E-state index in [0.717, 1.165) is 10.7 Å². The molecule has 0 aliphatic carbocycles. The smallest absolute Gasteiger partial charge is 0.334 e. The number of carboxylic acids is 1. The third kappa shape index (κ3) is 3.38. The molecule has 0 aromatic carbocycles. The summed E-state index contributed by atoms with van der Waals surface area (Å²) in [6.07, 6.45) is -1.67. The van der Waals surface area contributed by atoms with Gasteiger partial charge in [-0.05, 0) is 6.07 Å². The van der Waals surface area contributed by atoms with Crippen molar-refractivity contribution in [3.63, 3.8) is 0 Å². The van der Waals surface area contributed by atoms with Crippen LogP contribution in [0.1, 0.15) is 10.5 Å². The summed E-state index contributed by atoms with van der Waals surface area (Å²) in [7, 11) is 1.38. The number of hydrogen-bond donors (Lipinski definition) is 3. The quantitative estimate of drug-likeness (QED) is 0.558. The van der Waals surface area contributed by atoms with Gasteiger partial charge in [-0.2, -0.15) is 5.10 Å². The van der Waals surface area contributed by atoms with Gasteiger partial charge in [-0.1, -0.05) is 0 Å². The highest BCUT2D eigenvalue weighted by Crippen LogP contribution is 1.90. The minimum absolute atomic E-state index is 0.0373. The predicted octanol–water partition coefficient (Wildman–Crippen LogP) is -2.04. The summed E-state index contributed by atoms with van der Waals surface area (Å²) in [5.74, 6) is -2.10. The maximum absolute atomic E-state index is 11.4. The molecular formula is C9H11N3O5. The molecule has 3 N–H and O–H groups in total. The number of aliphatic hydroxyl groups is 1. The first-order chi connectivity index (χ1) is 7.91. The van der Waals surface area contributed by atoms with E-state index in [1.807, 2.05) is 0 Å². The van der Waals surface area contributed by atoms with Crippen molar-refractivity contribution in [2.45, 2.75) is 6.10 Å². The van der Waals surface area contributed by atoms with E-state index in [1.54, 1.807) is 0 Å². The van der Waals surface area contributed by atoms with E-state index in [-0.39, 0.29) is 11.3 Å². The summed E-state index contributed by atoms with van der Waals surface area (Å²) in [6, 6.07) is 2.38. The molecule has 1 rings (SSSR count). The highest BCUT2D eigenvalue weighted by molar-refractivity contribution is 5.92. The van der Waals surface area contributed by atoms with Crippen LogP contribution in [0.25, 0.3) is 0 Å². The van der Waals surface area contributed by atoms with Crippen molar-refractivity contribution in [2.24, 2.45) is 7.05 Å². The van der Waals surface area contributed by atoms with Gasteiger partial charge in [0.15, 0.2) is 6.10 Å². The molecule has 8 heteroatoms. The van der Waals surface area contributed by atoms with Crippen LogP contribution < -0.4 is 10.9 Å². The fourth-order valence-corrected chi connectivity index (χ4v) is 0.991. The molecule has 0 unspecified atom stereocenters. The Labute approximate surface area is 95.5 Å². The summed E-state index contributed by atoms with van der Waals surface area (Å²) in [4.78, 5) is 32.7. The molecular weight excluding hydrogens is 230 g/mol. The van der Waals surface area contributed by atoms with Gasteiger partial charge in [0.05, 0.1) is 6.54 Å². The predicted molar refractivity (Wildman–Crippen MR) is 55.5 cm³/mol. The van der Waals surface area contributed by atoms with Crippen molar-refractivity contribution in [3.8, 4) is 0 Å². The van der Waals surface area contributed by atoms with Crippen molar-refractivity contribution < 1.29 is 19.8 Å². The third-order valence-corrected chi connectivity index (χ3v) is 1.93. The largest absolute Gasteiger partial charge is 0.479 e. The maximum atomic E-state index is 11.4. The number of hydrogen-bond acceptors (Lipinski definition) is 5. The molecule has 1 heterocycles. The van der Waals surface area contributed by atoms with E-state index in [2.05, 4.69) is 10.4 Å². The molecule has 0 radical (unpaired) electrons. The third-order valence-electron chi connectivity index (χ3n) is 1.93. The first-order valence-electron chi connectivity index (χ1n) is 4.65. The second kappa shape index (κ2) is 5.21. The average molecular weight is 241 g/mol. The Morgan fingerprint density at radius 2 is 2.18 bits per heavy atom. The topological polar surface area (TPSA) is 122 Å². The van der Waals surface area contributed by atoms with Crippen LogP contribution in [0.5, 0.6) is 0 Å². The molecule has 0 aliphatic rings. The standard InChI is InChI=1S/C9H11N3O5/c1-12-7(14)3-2-5(11-12)8(15)10-4-6(13)9(16)17/h2-3,6,13H,4H2,1H3,(H,10,15)(H,16,17)/t6-/m0/s1. The zero-order chi connectivity index (χ0) is 13.0. The first-order valence-corrected chi connectivity index (χ1v) is 4.65. The van der Waals surface area contributed by atoms with Gasteiger partial charge in [0, 0.05) is 13.1 Å². The number of carboxylic acid groups (broad SMARTS) is 1. The number of nitrogens with one attached hydrogen (secondary N) is 1. The number of aliphatic hydroxyl groups excluding tert-OH is 1. The maximum Gasteiger partial charge on any atom is 0.334 e. The van der Waals surface area contributed by atoms with Gasteiger partial charge in [0.2, 0.25) is 0 Å². The lowest BCUT2D eigenvalue weighted by atomic mass is 10.3. The molecule has 8 nitrogen and oxygen atoms in total. The second-order valence-corrected chi connectivity index (χ2v) is 3.24. The normalized spacial score (nSPS) is 11.9. The highest BCUT2D eigenvalue weighted by atomic mass is 16.4. The van der Waals surface area contributed by atoms with Crippen molar-refractivity contribution in [3.05, 3.63) is 28.2 Å². The first kappa shape index (κ1) is 12.8. The number of aliphatic carboxylic acids is 1. The molecule has 0 saturated carbocycles. The lowest BCUT2D eigenvalue weighted by Crippen LogP contribution is -2.37. The molecule has 92 valence electrons. The molecule has 17 heavy (non-hydrogen) atoms. The van der Waals surface area contributed by atoms with Crippen molar-refractivity contribution in [2.75, 3.05) is 6.54 Å². The van der Waals surface area contributed by atoms with Crippen LogP contribution in [0.3, 0.4) is 0 Å². The Kier molecular flexibility index (Phi) is 3.94. The average Bonchev–Trinajstić information content (AvgIpc) is 2.28. The summed E-state index contributed by atoms with van der Waals surface area (Å²) in [5.41, 5.74) is -0.406. The van der Waals surface area contributed by atoms with E-state index in [9.17, 15) is 14.4 Å². The van der Waals surface area contributed by atoms with Gasteiger partial charge < -0.3 is 15.5 Å². The Balaban J connectivity index is 2.67. The molecule has 0 fully saturated rings. The van der Waals surface area contributed by atoms with E-state index in [1.165, 1.54) is 13.1 Å². The molecule has 0 bridgehead atoms. The Bertz CT molecular complexity index is 496. The van der Waals surface area contributed by atoms with Crippen molar-refractivity contribution in [1.29, 1.82) is 0 Å². The number of nitrogens with zero attached hydrogens (tertiary/aromatic N) is 2. The molecule has 1 atom stereocenters. The van der Waals surface area contributed by atoms with Gasteiger partial charge in [-0.3, -0.25) is 9.59 Å². The SMILES string of the molecule is Cn1nc(C(=O)NC[C@H](O)C(=O)O)ccc1=O. The van der Waals surface area contributed by atoms with Gasteiger partial charge in [-0.15, -0.1) is 0 Å². The molecule has 1 aromatic heterocycles. The fraction of sp³-hybridized carbons (Fsp3) is 0.333. The number of amides is 1. The van der Waals surface area contributed by atoms with Gasteiger partial charge >= 0.3 is 5.97 Å². The van der Waals surface area contributed by atoms with Gasteiger partial charge in [0.1, 0.15) is 5.69 Å². The minimum Gasteiger partial charge on any atom is -0.479 e. The number of aryl methyl sites for hydroxylation is 1. The van der Waals surface area contributed by atoms with Gasteiger partial charge in [-0.25, -0.2) is 9.48 Å². The van der Waals surface area contributed by atoms with Crippen molar-refractivity contribution in [1.82, 2.24) is 15.1 Å². The Morgan fingerprint density at radius 1 is 1.53 bits per heavy atom. The van der Waals surface area contributed by atoms with Crippen LogP contribution in [0.2, 0.25) is 0 Å². The molecule has 1 amide bonds. The molecule has 0 aliphatic heterocycles. The van der Waals surface area contributed by atoms with Crippen molar-refractivity contribution >= 4 is 11.9 Å². The molecule has 0 spiro atoms. The number of carbonyl (C=O) groups is 2. The molecule has 1 aromatic rings. The van der Waals surface area contributed by atoms with Crippen LogP contribution in [0, 0.1) is 0 Å². The zero-order valence-corrected chi connectivity index (χ0v) is 8.95. The van der Waals surface area contributed by atoms with Crippen LogP contribution in [-0.2, 0) is 11.8 Å². The fourth-order valence-electron chi connectivity index (χ4n) is 0.991. The second-order valence-electron chi connectivity index (χ2n) is 3.24. The van der Waals surface area contributed by atoms with E-state index >= 15 is 0 Å². The van der Waals surface area contributed by atoms with Gasteiger partial charge in [0.25, 0.3) is 11.5 Å². The van der Waals surface area contributed by atoms with E-state index in [4.69, 9.17) is 10.2 Å². The van der Waals surface area contributed by atoms with Crippen LogP contribution >= 0.6 is 0 Å². The lowest BCUT2D eigenvalue weighted by Gasteiger charge is -2.07. The highest BCUT2D eigenvalue weighted by Gasteiger charge is 2.15. The Morgan fingerprint density at radius 3 is 2.71 bits per heavy atom.